The van der Waals surface area contributed by atoms with E-state index in [2.05, 4.69) is 25.8 Å². The molecule has 1 aliphatic carbocycles. The lowest BCUT2D eigenvalue weighted by atomic mass is 9.85. The lowest BCUT2D eigenvalue weighted by Crippen LogP contribution is -2.40. The number of amides is 2. The summed E-state index contributed by atoms with van der Waals surface area (Å²) >= 11 is 1.48. The molecular weight excluding hydrogens is 330 g/mol. The monoisotopic (exact) mass is 349 g/mol. The van der Waals surface area contributed by atoms with E-state index >= 15 is 0 Å². The fourth-order valence-corrected chi connectivity index (χ4v) is 3.45. The molecular formula is C15H19N5O3S. The van der Waals surface area contributed by atoms with Crippen LogP contribution in [-0.4, -0.2) is 33.0 Å². The van der Waals surface area contributed by atoms with Crippen LogP contribution in [0.15, 0.2) is 17.1 Å². The third-order valence-electron chi connectivity index (χ3n) is 4.08. The van der Waals surface area contributed by atoms with Gasteiger partial charge in [0.15, 0.2) is 12.1 Å². The number of nitrogens with zero attached hydrogens (tertiary/aromatic N) is 3. The van der Waals surface area contributed by atoms with Gasteiger partial charge in [-0.3, -0.25) is 9.59 Å². The topological polar surface area (TPSA) is 110 Å². The van der Waals surface area contributed by atoms with Gasteiger partial charge in [-0.1, -0.05) is 11.3 Å². The molecule has 1 saturated carbocycles. The minimum absolute atomic E-state index is 0.0146. The Labute approximate surface area is 143 Å². The van der Waals surface area contributed by atoms with Crippen molar-refractivity contribution >= 4 is 23.2 Å². The molecule has 128 valence electrons. The summed E-state index contributed by atoms with van der Waals surface area (Å²) in [4.78, 5) is 28.0. The predicted octanol–water partition coefficient (Wildman–Crippen LogP) is 1.44. The Morgan fingerprint density at radius 2 is 2.08 bits per heavy atom. The molecule has 2 amide bonds. The molecule has 2 aromatic rings. The summed E-state index contributed by atoms with van der Waals surface area (Å²) in [6.07, 6.45) is 5.62. The zero-order valence-electron chi connectivity index (χ0n) is 13.3. The third kappa shape index (κ3) is 4.16. The molecule has 2 heterocycles. The summed E-state index contributed by atoms with van der Waals surface area (Å²) < 4.78 is 4.80. The molecule has 1 aliphatic rings. The average Bonchev–Trinajstić information content (AvgIpc) is 3.25. The molecule has 3 rings (SSSR count). The molecule has 0 aliphatic heterocycles. The van der Waals surface area contributed by atoms with Gasteiger partial charge in [-0.25, -0.2) is 4.98 Å². The van der Waals surface area contributed by atoms with Crippen LogP contribution in [0.25, 0.3) is 0 Å². The van der Waals surface area contributed by atoms with Crippen molar-refractivity contribution in [1.29, 1.82) is 0 Å². The normalized spacial score (nSPS) is 20.5. The lowest BCUT2D eigenvalue weighted by molar-refractivity contribution is -0.126. The van der Waals surface area contributed by atoms with Crippen LogP contribution in [0.3, 0.4) is 0 Å². The molecule has 1 fully saturated rings. The molecule has 0 saturated heterocycles. The van der Waals surface area contributed by atoms with Crippen molar-refractivity contribution in [2.24, 2.45) is 5.92 Å². The molecule has 8 nitrogen and oxygen atoms in total. The number of nitrogens with one attached hydrogen (secondary N) is 2. The SMILES string of the molecule is Cc1nnc(CNC(=O)C2CCC(NC(=O)c3cocn3)CC2)s1. The molecule has 24 heavy (non-hydrogen) atoms. The van der Waals surface area contributed by atoms with Crippen LogP contribution >= 0.6 is 11.3 Å². The highest BCUT2D eigenvalue weighted by molar-refractivity contribution is 7.11. The smallest absolute Gasteiger partial charge is 0.273 e. The molecule has 0 unspecified atom stereocenters. The van der Waals surface area contributed by atoms with Crippen LogP contribution in [0.5, 0.6) is 0 Å². The number of hydrogen-bond donors (Lipinski definition) is 2. The van der Waals surface area contributed by atoms with Crippen molar-refractivity contribution in [1.82, 2.24) is 25.8 Å². The largest absolute Gasteiger partial charge is 0.451 e. The maximum absolute atomic E-state index is 12.2. The van der Waals surface area contributed by atoms with Gasteiger partial charge in [-0.15, -0.1) is 10.2 Å². The number of aromatic nitrogens is 3. The quantitative estimate of drug-likeness (QED) is 0.845. The third-order valence-corrected chi connectivity index (χ3v) is 4.92. The number of carbonyl (C=O) groups is 2. The number of carbonyl (C=O) groups excluding carboxylic acids is 2. The first-order valence-corrected chi connectivity index (χ1v) is 8.69. The minimum atomic E-state index is -0.233. The Morgan fingerprint density at radius 1 is 1.29 bits per heavy atom. The average molecular weight is 349 g/mol. The summed E-state index contributed by atoms with van der Waals surface area (Å²) in [5.74, 6) is -0.202. The first kappa shape index (κ1) is 16.6. The van der Waals surface area contributed by atoms with Crippen LogP contribution in [0.2, 0.25) is 0 Å². The first-order valence-electron chi connectivity index (χ1n) is 7.87. The zero-order chi connectivity index (χ0) is 16.9. The summed E-state index contributed by atoms with van der Waals surface area (Å²) in [6.45, 7) is 2.31. The minimum Gasteiger partial charge on any atom is -0.451 e. The van der Waals surface area contributed by atoms with Crippen LogP contribution in [0, 0.1) is 12.8 Å². The van der Waals surface area contributed by atoms with Crippen molar-refractivity contribution in [3.63, 3.8) is 0 Å². The van der Waals surface area contributed by atoms with Crippen LogP contribution in [0.1, 0.15) is 46.2 Å². The highest BCUT2D eigenvalue weighted by Gasteiger charge is 2.27. The second-order valence-corrected chi connectivity index (χ2v) is 7.09. The van der Waals surface area contributed by atoms with E-state index in [4.69, 9.17) is 4.42 Å². The first-order chi connectivity index (χ1) is 11.6. The van der Waals surface area contributed by atoms with E-state index in [1.165, 1.54) is 24.0 Å². The van der Waals surface area contributed by atoms with Crippen molar-refractivity contribution in [3.05, 3.63) is 28.4 Å². The number of hydrogen-bond acceptors (Lipinski definition) is 7. The standard InChI is InChI=1S/C15H19N5O3S/c1-9-19-20-13(24-9)6-16-14(21)10-2-4-11(5-3-10)18-15(22)12-7-23-8-17-12/h7-8,10-11H,2-6H2,1H3,(H,16,21)(H,18,22). The number of rotatable bonds is 5. The summed E-state index contributed by atoms with van der Waals surface area (Å²) in [5, 5.41) is 15.5. The highest BCUT2D eigenvalue weighted by Crippen LogP contribution is 2.25. The second kappa shape index (κ2) is 7.52. The van der Waals surface area contributed by atoms with E-state index < -0.39 is 0 Å². The maximum atomic E-state index is 12.2. The van der Waals surface area contributed by atoms with Gasteiger partial charge in [0, 0.05) is 12.0 Å². The van der Waals surface area contributed by atoms with Gasteiger partial charge in [-0.2, -0.15) is 0 Å². The number of oxazole rings is 1. The van der Waals surface area contributed by atoms with Gasteiger partial charge in [0.2, 0.25) is 5.91 Å². The summed E-state index contributed by atoms with van der Waals surface area (Å²) in [6, 6.07) is 0.0732. The Balaban J connectivity index is 1.41. The Hall–Kier alpha value is -2.29. The van der Waals surface area contributed by atoms with Crippen LogP contribution in [0.4, 0.5) is 0 Å². The Bertz CT molecular complexity index is 692. The van der Waals surface area contributed by atoms with Gasteiger partial charge >= 0.3 is 0 Å². The molecule has 0 bridgehead atoms. The lowest BCUT2D eigenvalue weighted by Gasteiger charge is -2.28. The molecule has 9 heteroatoms. The van der Waals surface area contributed by atoms with Gasteiger partial charge in [-0.05, 0) is 32.6 Å². The fourth-order valence-electron chi connectivity index (χ4n) is 2.80. The summed E-state index contributed by atoms with van der Waals surface area (Å²) in [5.41, 5.74) is 0.280. The van der Waals surface area contributed by atoms with E-state index in [0.717, 1.165) is 35.7 Å². The van der Waals surface area contributed by atoms with Gasteiger partial charge in [0.25, 0.3) is 5.91 Å². The molecule has 0 atom stereocenters. The molecule has 0 radical (unpaired) electrons. The highest BCUT2D eigenvalue weighted by atomic mass is 32.1. The van der Waals surface area contributed by atoms with E-state index in [9.17, 15) is 9.59 Å². The van der Waals surface area contributed by atoms with E-state index in [-0.39, 0.29) is 29.5 Å². The predicted molar refractivity (Wildman–Crippen MR) is 86.2 cm³/mol. The second-order valence-electron chi connectivity index (χ2n) is 5.83. The van der Waals surface area contributed by atoms with Crippen LogP contribution < -0.4 is 10.6 Å². The molecule has 0 aromatic carbocycles. The zero-order valence-corrected chi connectivity index (χ0v) is 14.1. The Kier molecular flexibility index (Phi) is 5.19. The van der Waals surface area contributed by atoms with Crippen molar-refractivity contribution < 1.29 is 14.0 Å². The van der Waals surface area contributed by atoms with Gasteiger partial charge < -0.3 is 15.1 Å². The molecule has 0 spiro atoms. The van der Waals surface area contributed by atoms with E-state index in [1.54, 1.807) is 0 Å². The fraction of sp³-hybridized carbons (Fsp3) is 0.533. The van der Waals surface area contributed by atoms with E-state index in [1.807, 2.05) is 6.92 Å². The van der Waals surface area contributed by atoms with Crippen molar-refractivity contribution in [2.45, 2.75) is 45.2 Å². The molecule has 2 N–H and O–H groups in total. The van der Waals surface area contributed by atoms with Crippen LogP contribution in [-0.2, 0) is 11.3 Å². The number of aryl methyl sites for hydroxylation is 1. The van der Waals surface area contributed by atoms with E-state index in [0.29, 0.717) is 6.54 Å². The maximum Gasteiger partial charge on any atom is 0.273 e. The van der Waals surface area contributed by atoms with Gasteiger partial charge in [0.1, 0.15) is 16.3 Å². The van der Waals surface area contributed by atoms with Crippen molar-refractivity contribution in [3.8, 4) is 0 Å². The summed E-state index contributed by atoms with van der Waals surface area (Å²) in [7, 11) is 0. The van der Waals surface area contributed by atoms with Gasteiger partial charge in [0.05, 0.1) is 6.54 Å². The van der Waals surface area contributed by atoms with Crippen molar-refractivity contribution in [2.75, 3.05) is 0 Å². The molecule has 2 aromatic heterocycles. The Morgan fingerprint density at radius 3 is 2.71 bits per heavy atom.